The Labute approximate surface area is 113 Å². The summed E-state index contributed by atoms with van der Waals surface area (Å²) >= 11 is 0. The van der Waals surface area contributed by atoms with Gasteiger partial charge in [-0.15, -0.1) is 0 Å². The van der Waals surface area contributed by atoms with Crippen LogP contribution in [0.4, 0.5) is 17.6 Å². The van der Waals surface area contributed by atoms with Crippen molar-refractivity contribution in [1.29, 1.82) is 0 Å². The lowest BCUT2D eigenvalue weighted by molar-refractivity contribution is -0.137. The van der Waals surface area contributed by atoms with E-state index in [1.54, 1.807) is 13.2 Å². The zero-order valence-electron chi connectivity index (χ0n) is 10.6. The lowest BCUT2D eigenvalue weighted by Crippen LogP contribution is -2.21. The van der Waals surface area contributed by atoms with E-state index in [-0.39, 0.29) is 12.0 Å². The van der Waals surface area contributed by atoms with E-state index in [1.807, 2.05) is 0 Å². The molecule has 0 radical (unpaired) electrons. The molecule has 0 saturated carbocycles. The maximum absolute atomic E-state index is 13.8. The Bertz CT molecular complexity index is 563. The Morgan fingerprint density at radius 1 is 1.35 bits per heavy atom. The van der Waals surface area contributed by atoms with Gasteiger partial charge < -0.3 is 10.3 Å². The molecular weight excluding hydrogens is 274 g/mol. The van der Waals surface area contributed by atoms with Crippen molar-refractivity contribution >= 4 is 0 Å². The van der Waals surface area contributed by atoms with Crippen molar-refractivity contribution in [3.05, 3.63) is 53.4 Å². The molecule has 0 aliphatic rings. The molecule has 0 aliphatic heterocycles. The third kappa shape index (κ3) is 3.16. The summed E-state index contributed by atoms with van der Waals surface area (Å²) in [6, 6.07) is 1.81. The lowest BCUT2D eigenvalue weighted by atomic mass is 10.00. The monoisotopic (exact) mass is 287 g/mol. The first kappa shape index (κ1) is 14.5. The predicted molar refractivity (Wildman–Crippen MR) is 65.5 cm³/mol. The minimum atomic E-state index is -4.49. The second-order valence-corrected chi connectivity index (χ2v) is 4.32. The van der Waals surface area contributed by atoms with Crippen LogP contribution in [0.2, 0.25) is 0 Å². The fourth-order valence-electron chi connectivity index (χ4n) is 1.96. The van der Waals surface area contributed by atoms with Crippen LogP contribution < -0.4 is 5.32 Å². The Hall–Kier alpha value is -1.89. The van der Waals surface area contributed by atoms with Crippen molar-refractivity contribution in [3.8, 4) is 0 Å². The smallest absolute Gasteiger partial charge is 0.349 e. The van der Waals surface area contributed by atoms with Gasteiger partial charge in [-0.2, -0.15) is 13.2 Å². The number of rotatable bonds is 4. The van der Waals surface area contributed by atoms with Gasteiger partial charge in [0.15, 0.2) is 0 Å². The van der Waals surface area contributed by atoms with Crippen LogP contribution in [0.15, 0.2) is 30.6 Å². The zero-order chi connectivity index (χ0) is 14.8. The van der Waals surface area contributed by atoms with Gasteiger partial charge in [0.25, 0.3) is 0 Å². The van der Waals surface area contributed by atoms with E-state index < -0.39 is 23.6 Å². The number of imidazole rings is 1. The van der Waals surface area contributed by atoms with Gasteiger partial charge in [-0.3, -0.25) is 0 Å². The largest absolute Gasteiger partial charge is 0.416 e. The summed E-state index contributed by atoms with van der Waals surface area (Å²) in [4.78, 5) is 6.83. The molecule has 0 saturated heterocycles. The number of alkyl halides is 3. The van der Waals surface area contributed by atoms with Crippen molar-refractivity contribution < 1.29 is 17.6 Å². The van der Waals surface area contributed by atoms with Gasteiger partial charge in [0.1, 0.15) is 11.6 Å². The van der Waals surface area contributed by atoms with Crippen LogP contribution in [-0.2, 0) is 12.6 Å². The standard InChI is InChI=1S/C13H13F4N3/c1-18-11(7-12-19-4-5-20-12)9-6-8(13(15,16)17)2-3-10(9)14/h2-6,11,18H,7H2,1H3,(H,19,20). The first-order valence-electron chi connectivity index (χ1n) is 5.94. The molecule has 2 rings (SSSR count). The molecule has 2 aromatic rings. The number of aromatic nitrogens is 2. The molecule has 1 heterocycles. The summed E-state index contributed by atoms with van der Waals surface area (Å²) in [7, 11) is 1.56. The van der Waals surface area contributed by atoms with Gasteiger partial charge in [0.05, 0.1) is 5.56 Å². The number of aromatic amines is 1. The summed E-state index contributed by atoms with van der Waals surface area (Å²) in [6.45, 7) is 0. The van der Waals surface area contributed by atoms with E-state index in [0.717, 1.165) is 18.2 Å². The van der Waals surface area contributed by atoms with Crippen LogP contribution in [-0.4, -0.2) is 17.0 Å². The van der Waals surface area contributed by atoms with Gasteiger partial charge >= 0.3 is 6.18 Å². The molecule has 2 N–H and O–H groups in total. The molecule has 7 heteroatoms. The number of benzene rings is 1. The predicted octanol–water partition coefficient (Wildman–Crippen LogP) is 3.07. The molecule has 0 bridgehead atoms. The molecule has 0 aliphatic carbocycles. The summed E-state index contributed by atoms with van der Waals surface area (Å²) in [5.41, 5.74) is -0.896. The molecule has 1 aromatic carbocycles. The highest BCUT2D eigenvalue weighted by atomic mass is 19.4. The van der Waals surface area contributed by atoms with Crippen LogP contribution in [0, 0.1) is 5.82 Å². The Balaban J connectivity index is 2.33. The molecule has 0 amide bonds. The second-order valence-electron chi connectivity index (χ2n) is 4.32. The third-order valence-corrected chi connectivity index (χ3v) is 3.00. The van der Waals surface area contributed by atoms with E-state index in [2.05, 4.69) is 15.3 Å². The van der Waals surface area contributed by atoms with Crippen LogP contribution in [0.5, 0.6) is 0 Å². The normalized spacial score (nSPS) is 13.4. The van der Waals surface area contributed by atoms with Crippen molar-refractivity contribution in [2.45, 2.75) is 18.6 Å². The summed E-state index contributed by atoms with van der Waals surface area (Å²) < 4.78 is 51.8. The first-order chi connectivity index (χ1) is 9.41. The van der Waals surface area contributed by atoms with E-state index in [9.17, 15) is 17.6 Å². The average Bonchev–Trinajstić information content (AvgIpc) is 2.88. The van der Waals surface area contributed by atoms with Crippen molar-refractivity contribution in [2.75, 3.05) is 7.05 Å². The van der Waals surface area contributed by atoms with Crippen molar-refractivity contribution in [2.24, 2.45) is 0 Å². The van der Waals surface area contributed by atoms with E-state index in [0.29, 0.717) is 5.82 Å². The fraction of sp³-hybridized carbons (Fsp3) is 0.308. The molecule has 1 aromatic heterocycles. The highest BCUT2D eigenvalue weighted by Crippen LogP contribution is 2.32. The fourth-order valence-corrected chi connectivity index (χ4v) is 1.96. The average molecular weight is 287 g/mol. The van der Waals surface area contributed by atoms with Gasteiger partial charge in [0.2, 0.25) is 0 Å². The zero-order valence-corrected chi connectivity index (χ0v) is 10.6. The van der Waals surface area contributed by atoms with E-state index in [4.69, 9.17) is 0 Å². The van der Waals surface area contributed by atoms with Gasteiger partial charge in [-0.1, -0.05) is 0 Å². The summed E-state index contributed by atoms with van der Waals surface area (Å²) in [5, 5.41) is 2.81. The maximum Gasteiger partial charge on any atom is 0.416 e. The first-order valence-corrected chi connectivity index (χ1v) is 5.94. The topological polar surface area (TPSA) is 40.7 Å². The SMILES string of the molecule is CNC(Cc1ncc[nH]1)c1cc(C(F)(F)F)ccc1F. The quantitative estimate of drug-likeness (QED) is 0.848. The number of hydrogen-bond donors (Lipinski definition) is 2. The number of likely N-dealkylation sites (N-methyl/N-ethyl adjacent to an activating group) is 1. The molecule has 1 unspecified atom stereocenters. The Morgan fingerprint density at radius 2 is 2.10 bits per heavy atom. The van der Waals surface area contributed by atoms with Crippen LogP contribution in [0.3, 0.4) is 0 Å². The van der Waals surface area contributed by atoms with Crippen LogP contribution in [0.1, 0.15) is 23.0 Å². The van der Waals surface area contributed by atoms with E-state index in [1.165, 1.54) is 6.20 Å². The Kier molecular flexibility index (Phi) is 4.08. The molecular formula is C13H13F4N3. The van der Waals surface area contributed by atoms with Crippen molar-refractivity contribution in [1.82, 2.24) is 15.3 Å². The number of nitrogens with one attached hydrogen (secondary N) is 2. The van der Waals surface area contributed by atoms with Gasteiger partial charge in [-0.05, 0) is 25.2 Å². The molecule has 0 spiro atoms. The molecule has 20 heavy (non-hydrogen) atoms. The highest BCUT2D eigenvalue weighted by Gasteiger charge is 2.32. The number of halogens is 4. The molecule has 3 nitrogen and oxygen atoms in total. The molecule has 108 valence electrons. The lowest BCUT2D eigenvalue weighted by Gasteiger charge is -2.18. The molecule has 1 atom stereocenters. The van der Waals surface area contributed by atoms with Gasteiger partial charge in [0, 0.05) is 30.4 Å². The third-order valence-electron chi connectivity index (χ3n) is 3.00. The van der Waals surface area contributed by atoms with E-state index >= 15 is 0 Å². The highest BCUT2D eigenvalue weighted by molar-refractivity contribution is 5.30. The van der Waals surface area contributed by atoms with Crippen molar-refractivity contribution in [3.63, 3.8) is 0 Å². The minimum Gasteiger partial charge on any atom is -0.349 e. The van der Waals surface area contributed by atoms with Crippen LogP contribution >= 0.6 is 0 Å². The summed E-state index contributed by atoms with van der Waals surface area (Å²) in [6.07, 6.45) is -1.09. The maximum atomic E-state index is 13.8. The number of hydrogen-bond acceptors (Lipinski definition) is 2. The summed E-state index contributed by atoms with van der Waals surface area (Å²) in [5.74, 6) is -0.106. The van der Waals surface area contributed by atoms with Crippen LogP contribution in [0.25, 0.3) is 0 Å². The molecule has 0 fully saturated rings. The minimum absolute atomic E-state index is 0.0290. The number of H-pyrrole nitrogens is 1. The second kappa shape index (κ2) is 5.62. The number of nitrogens with zero attached hydrogens (tertiary/aromatic N) is 1. The van der Waals surface area contributed by atoms with Gasteiger partial charge in [-0.25, -0.2) is 9.37 Å². The Morgan fingerprint density at radius 3 is 2.65 bits per heavy atom.